The molecule has 1 unspecified atom stereocenters. The molecule has 0 aliphatic carbocycles. The van der Waals surface area contributed by atoms with E-state index in [1.165, 1.54) is 0 Å². The number of aromatic nitrogens is 2. The lowest BCUT2D eigenvalue weighted by Gasteiger charge is -2.14. The number of nitrogens with zero attached hydrogens (tertiary/aromatic N) is 2. The number of hydrogen-bond acceptors (Lipinski definition) is 4. The maximum atomic E-state index is 12.4. The number of sulfone groups is 1. The Hall–Kier alpha value is -2.44. The first kappa shape index (κ1) is 16.4. The van der Waals surface area contributed by atoms with Crippen LogP contribution in [0.4, 0.5) is 0 Å². The fraction of sp³-hybridized carbons (Fsp3) is 0.167. The minimum absolute atomic E-state index is 0.0537. The summed E-state index contributed by atoms with van der Waals surface area (Å²) in [5.41, 5.74) is 0.718. The Kier molecular flexibility index (Phi) is 4.78. The van der Waals surface area contributed by atoms with E-state index in [0.717, 1.165) is 5.56 Å². The van der Waals surface area contributed by atoms with Crippen LogP contribution in [-0.2, 0) is 16.4 Å². The van der Waals surface area contributed by atoms with E-state index in [2.05, 4.69) is 4.98 Å². The zero-order chi connectivity index (χ0) is 17.0. The summed E-state index contributed by atoms with van der Waals surface area (Å²) < 4.78 is 26.4. The van der Waals surface area contributed by atoms with Crippen LogP contribution in [0.15, 0.2) is 78.0 Å². The van der Waals surface area contributed by atoms with Crippen LogP contribution in [-0.4, -0.2) is 28.8 Å². The quantitative estimate of drug-likeness (QED) is 0.747. The smallest absolute Gasteiger partial charge is 0.180 e. The van der Waals surface area contributed by atoms with Crippen molar-refractivity contribution in [2.24, 2.45) is 0 Å². The van der Waals surface area contributed by atoms with Gasteiger partial charge in [0.15, 0.2) is 9.84 Å². The average molecular weight is 342 g/mol. The van der Waals surface area contributed by atoms with Gasteiger partial charge in [0.1, 0.15) is 11.9 Å². The van der Waals surface area contributed by atoms with Crippen molar-refractivity contribution >= 4 is 9.84 Å². The van der Waals surface area contributed by atoms with Crippen LogP contribution < -0.4 is 0 Å². The van der Waals surface area contributed by atoms with Gasteiger partial charge in [-0.1, -0.05) is 48.5 Å². The highest BCUT2D eigenvalue weighted by molar-refractivity contribution is 7.91. The average Bonchev–Trinajstić information content (AvgIpc) is 3.09. The summed E-state index contributed by atoms with van der Waals surface area (Å²) in [6.07, 6.45) is 2.36. The topological polar surface area (TPSA) is 72.2 Å². The van der Waals surface area contributed by atoms with Crippen molar-refractivity contribution in [2.75, 3.05) is 5.75 Å². The Balaban J connectivity index is 1.77. The van der Waals surface area contributed by atoms with E-state index in [4.69, 9.17) is 0 Å². The molecule has 24 heavy (non-hydrogen) atoms. The van der Waals surface area contributed by atoms with E-state index in [-0.39, 0.29) is 12.3 Å². The number of aliphatic hydroxyl groups excluding tert-OH is 1. The summed E-state index contributed by atoms with van der Waals surface area (Å²) in [6, 6.07) is 17.5. The lowest BCUT2D eigenvalue weighted by Crippen LogP contribution is -2.16. The molecule has 3 rings (SSSR count). The molecule has 6 heteroatoms. The van der Waals surface area contributed by atoms with E-state index < -0.39 is 15.9 Å². The molecule has 0 amide bonds. The van der Waals surface area contributed by atoms with E-state index in [0.29, 0.717) is 10.7 Å². The van der Waals surface area contributed by atoms with Gasteiger partial charge in [-0.05, 0) is 17.7 Å². The molecule has 0 bridgehead atoms. The van der Waals surface area contributed by atoms with Crippen LogP contribution in [0.3, 0.4) is 0 Å². The van der Waals surface area contributed by atoms with Crippen molar-refractivity contribution in [1.29, 1.82) is 0 Å². The summed E-state index contributed by atoms with van der Waals surface area (Å²) in [6.45, 7) is 0.233. The van der Waals surface area contributed by atoms with Crippen molar-refractivity contribution in [1.82, 2.24) is 9.55 Å². The van der Waals surface area contributed by atoms with Gasteiger partial charge in [-0.15, -0.1) is 0 Å². The molecule has 3 aromatic rings. The molecular formula is C18H18N2O3S. The maximum Gasteiger partial charge on any atom is 0.180 e. The van der Waals surface area contributed by atoms with Gasteiger partial charge in [0, 0.05) is 18.9 Å². The van der Waals surface area contributed by atoms with Gasteiger partial charge in [0.2, 0.25) is 0 Å². The SMILES string of the molecule is O=S(=O)(CCn1ccnc1C(O)c1ccccc1)c1ccccc1. The number of hydrogen-bond donors (Lipinski definition) is 1. The second kappa shape index (κ2) is 6.98. The number of rotatable bonds is 6. The molecule has 0 saturated heterocycles. The van der Waals surface area contributed by atoms with Gasteiger partial charge in [0.05, 0.1) is 10.6 Å². The molecule has 0 saturated carbocycles. The maximum absolute atomic E-state index is 12.4. The van der Waals surface area contributed by atoms with Crippen molar-refractivity contribution in [3.8, 4) is 0 Å². The highest BCUT2D eigenvalue weighted by atomic mass is 32.2. The second-order valence-corrected chi connectivity index (χ2v) is 7.53. The highest BCUT2D eigenvalue weighted by Crippen LogP contribution is 2.20. The van der Waals surface area contributed by atoms with E-state index in [9.17, 15) is 13.5 Å². The molecule has 0 radical (unpaired) electrons. The zero-order valence-electron chi connectivity index (χ0n) is 13.0. The normalized spacial score (nSPS) is 12.9. The van der Waals surface area contributed by atoms with Gasteiger partial charge in [-0.25, -0.2) is 13.4 Å². The minimum atomic E-state index is -3.37. The lowest BCUT2D eigenvalue weighted by molar-refractivity contribution is 0.205. The van der Waals surface area contributed by atoms with E-state index >= 15 is 0 Å². The number of benzene rings is 2. The molecule has 1 atom stereocenters. The molecule has 0 fully saturated rings. The van der Waals surface area contributed by atoms with Crippen LogP contribution >= 0.6 is 0 Å². The fourth-order valence-electron chi connectivity index (χ4n) is 2.51. The first-order valence-corrected chi connectivity index (χ1v) is 9.25. The predicted molar refractivity (Wildman–Crippen MR) is 91.2 cm³/mol. The number of aryl methyl sites for hydroxylation is 1. The number of aliphatic hydroxyl groups is 1. The first-order valence-electron chi connectivity index (χ1n) is 7.60. The van der Waals surface area contributed by atoms with Crippen LogP contribution in [0.2, 0.25) is 0 Å². The lowest BCUT2D eigenvalue weighted by atomic mass is 10.1. The molecule has 124 valence electrons. The Labute approximate surface area is 141 Å². The molecule has 0 aliphatic heterocycles. The second-order valence-electron chi connectivity index (χ2n) is 5.42. The summed E-state index contributed by atoms with van der Waals surface area (Å²) in [4.78, 5) is 4.49. The standard InChI is InChI=1S/C18H18N2O3S/c21-17(15-7-3-1-4-8-15)18-19-11-12-20(18)13-14-24(22,23)16-9-5-2-6-10-16/h1-12,17,21H,13-14H2. The molecule has 0 spiro atoms. The zero-order valence-corrected chi connectivity index (χ0v) is 13.8. The van der Waals surface area contributed by atoms with Gasteiger partial charge in [-0.2, -0.15) is 0 Å². The fourth-order valence-corrected chi connectivity index (χ4v) is 3.75. The summed E-state index contributed by atoms with van der Waals surface area (Å²) in [7, 11) is -3.37. The van der Waals surface area contributed by atoms with Gasteiger partial charge >= 0.3 is 0 Å². The molecule has 1 aromatic heterocycles. The molecule has 1 N–H and O–H groups in total. The van der Waals surface area contributed by atoms with Crippen LogP contribution in [0.25, 0.3) is 0 Å². The van der Waals surface area contributed by atoms with E-state index in [1.807, 2.05) is 30.3 Å². The van der Waals surface area contributed by atoms with Gasteiger partial charge < -0.3 is 9.67 Å². The van der Waals surface area contributed by atoms with Crippen molar-refractivity contribution in [3.05, 3.63) is 84.4 Å². The molecular weight excluding hydrogens is 324 g/mol. The van der Waals surface area contributed by atoms with Gasteiger partial charge in [0.25, 0.3) is 0 Å². The third kappa shape index (κ3) is 3.55. The monoisotopic (exact) mass is 342 g/mol. The van der Waals surface area contributed by atoms with Gasteiger partial charge in [-0.3, -0.25) is 0 Å². The molecule has 0 aliphatic rings. The minimum Gasteiger partial charge on any atom is -0.380 e. The Morgan fingerprint density at radius 1 is 1.00 bits per heavy atom. The third-order valence-electron chi connectivity index (χ3n) is 3.81. The summed E-state index contributed by atoms with van der Waals surface area (Å²) in [5, 5.41) is 10.5. The van der Waals surface area contributed by atoms with Crippen LogP contribution in [0, 0.1) is 0 Å². The van der Waals surface area contributed by atoms with Crippen molar-refractivity contribution < 1.29 is 13.5 Å². The first-order chi connectivity index (χ1) is 11.6. The molecule has 1 heterocycles. The number of imidazole rings is 1. The predicted octanol–water partition coefficient (Wildman–Crippen LogP) is 2.44. The van der Waals surface area contributed by atoms with Crippen LogP contribution in [0.1, 0.15) is 17.5 Å². The van der Waals surface area contributed by atoms with Crippen molar-refractivity contribution in [2.45, 2.75) is 17.5 Å². The highest BCUT2D eigenvalue weighted by Gasteiger charge is 2.19. The Morgan fingerprint density at radius 2 is 1.62 bits per heavy atom. The summed E-state index contributed by atoms with van der Waals surface area (Å²) >= 11 is 0. The Morgan fingerprint density at radius 3 is 2.29 bits per heavy atom. The molecule has 5 nitrogen and oxygen atoms in total. The summed E-state index contributed by atoms with van der Waals surface area (Å²) in [5.74, 6) is 0.381. The van der Waals surface area contributed by atoms with E-state index in [1.54, 1.807) is 47.3 Å². The largest absolute Gasteiger partial charge is 0.380 e. The van der Waals surface area contributed by atoms with Crippen LogP contribution in [0.5, 0.6) is 0 Å². The Bertz CT molecular complexity index is 890. The molecule has 2 aromatic carbocycles. The third-order valence-corrected chi connectivity index (χ3v) is 5.52. The van der Waals surface area contributed by atoms with Crippen molar-refractivity contribution in [3.63, 3.8) is 0 Å².